The highest BCUT2D eigenvalue weighted by atomic mass is 35.5. The summed E-state index contributed by atoms with van der Waals surface area (Å²) in [4.78, 5) is 34.8. The van der Waals surface area contributed by atoms with Crippen LogP contribution in [0.15, 0.2) is 42.9 Å². The first-order chi connectivity index (χ1) is 19.6. The first kappa shape index (κ1) is 29.5. The molecule has 4 aromatic rings. The second-order valence-corrected chi connectivity index (χ2v) is 10.7. The van der Waals surface area contributed by atoms with Gasteiger partial charge in [-0.15, -0.1) is 12.4 Å². The smallest absolute Gasteiger partial charge is 0.387 e. The molecular weight excluding hydrogens is 595 g/mol. The average Bonchev–Trinajstić information content (AvgIpc) is 3.67. The number of carbonyl (C=O) groups excluding carboxylic acids is 2. The number of nitrogens with zero attached hydrogens (tertiary/aromatic N) is 7. The summed E-state index contributed by atoms with van der Waals surface area (Å²) < 4.78 is 33.9. The fourth-order valence-electron chi connectivity index (χ4n) is 5.58. The first-order valence-corrected chi connectivity index (χ1v) is 13.2. The van der Waals surface area contributed by atoms with Crippen molar-refractivity contribution in [3.05, 3.63) is 53.4 Å². The van der Waals surface area contributed by atoms with Crippen molar-refractivity contribution in [3.63, 3.8) is 0 Å². The Balaban J connectivity index is 0.00000353. The van der Waals surface area contributed by atoms with Gasteiger partial charge in [0, 0.05) is 49.2 Å². The van der Waals surface area contributed by atoms with Crippen molar-refractivity contribution < 1.29 is 23.1 Å². The van der Waals surface area contributed by atoms with Gasteiger partial charge in [0.05, 0.1) is 11.9 Å². The molecular formula is C26H27Cl2F2N9O3. The molecule has 2 saturated heterocycles. The molecule has 2 aliphatic rings. The Morgan fingerprint density at radius 3 is 2.64 bits per heavy atom. The number of likely N-dealkylation sites (tertiary alicyclic amines) is 2. The lowest BCUT2D eigenvalue weighted by Gasteiger charge is -2.19. The number of nitrogens with one attached hydrogen (secondary N) is 1. The molecule has 3 N–H and O–H groups in total. The van der Waals surface area contributed by atoms with Crippen molar-refractivity contribution in [1.29, 1.82) is 0 Å². The molecule has 6 rings (SSSR count). The fourth-order valence-corrected chi connectivity index (χ4v) is 5.75. The number of nitrogens with two attached hydrogens (primary N) is 1. The third kappa shape index (κ3) is 5.82. The predicted octanol–water partition coefficient (Wildman–Crippen LogP) is 3.12. The Hall–Kier alpha value is -4.01. The van der Waals surface area contributed by atoms with E-state index >= 15 is 0 Å². The van der Waals surface area contributed by atoms with Crippen molar-refractivity contribution in [2.75, 3.05) is 44.3 Å². The van der Waals surface area contributed by atoms with Gasteiger partial charge >= 0.3 is 6.61 Å². The number of carbonyl (C=O) groups is 2. The van der Waals surface area contributed by atoms with Gasteiger partial charge in [0.1, 0.15) is 29.4 Å². The van der Waals surface area contributed by atoms with Gasteiger partial charge < -0.3 is 25.6 Å². The molecule has 0 unspecified atom stereocenters. The standard InChI is InChI=1S/C26H26ClF2N9O3.ClH/c1-35-8-14-10-36(11-15(14)9-35)22(39)13-37-12-19(23(34-37)17-6-16(27)2-3-20(17)41-26(28)29)32-25(40)18-7-31-38-5-4-21(30)33-24(18)38;/h2-7,12,14-15,26H,8-11,13H2,1H3,(H2,30,33)(H,32,40);1H/t14-,15+;. The van der Waals surface area contributed by atoms with Crippen LogP contribution in [0, 0.1) is 11.8 Å². The zero-order valence-electron chi connectivity index (χ0n) is 22.3. The molecule has 16 heteroatoms. The number of hydrogen-bond donors (Lipinski definition) is 2. The van der Waals surface area contributed by atoms with Crippen LogP contribution in [-0.4, -0.2) is 85.8 Å². The minimum atomic E-state index is -3.11. The largest absolute Gasteiger partial charge is 0.434 e. The van der Waals surface area contributed by atoms with Crippen LogP contribution in [0.25, 0.3) is 16.9 Å². The molecule has 0 bridgehead atoms. The third-order valence-corrected chi connectivity index (χ3v) is 7.61. The van der Waals surface area contributed by atoms with Crippen molar-refractivity contribution in [2.24, 2.45) is 11.8 Å². The van der Waals surface area contributed by atoms with Gasteiger partial charge in [-0.1, -0.05) is 11.6 Å². The normalized spacial score (nSPS) is 18.4. The summed E-state index contributed by atoms with van der Waals surface area (Å²) in [7, 11) is 2.07. The van der Waals surface area contributed by atoms with E-state index in [0.717, 1.165) is 13.1 Å². The number of alkyl halides is 2. The number of nitrogen functional groups attached to an aromatic ring is 1. The molecule has 0 aliphatic carbocycles. The van der Waals surface area contributed by atoms with Crippen molar-refractivity contribution in [1.82, 2.24) is 34.2 Å². The highest BCUT2D eigenvalue weighted by Crippen LogP contribution is 2.37. The lowest BCUT2D eigenvalue weighted by molar-refractivity contribution is -0.131. The Morgan fingerprint density at radius 2 is 1.93 bits per heavy atom. The summed E-state index contributed by atoms with van der Waals surface area (Å²) in [6, 6.07) is 5.63. The van der Waals surface area contributed by atoms with Crippen LogP contribution >= 0.6 is 24.0 Å². The zero-order valence-corrected chi connectivity index (χ0v) is 23.9. The summed E-state index contributed by atoms with van der Waals surface area (Å²) >= 11 is 6.20. The van der Waals surface area contributed by atoms with Crippen LogP contribution in [0.5, 0.6) is 5.75 Å². The summed E-state index contributed by atoms with van der Waals surface area (Å²) in [6.07, 6.45) is 4.36. The minimum absolute atomic E-state index is 0. The Labute approximate surface area is 249 Å². The maximum atomic E-state index is 13.4. The molecule has 1 aromatic carbocycles. The number of rotatable bonds is 7. The summed E-state index contributed by atoms with van der Waals surface area (Å²) in [6.45, 7) is -0.00211. The number of halogens is 4. The maximum Gasteiger partial charge on any atom is 0.387 e. The van der Waals surface area contributed by atoms with Crippen LogP contribution < -0.4 is 15.8 Å². The van der Waals surface area contributed by atoms with Gasteiger partial charge in [-0.25, -0.2) is 9.50 Å². The highest BCUT2D eigenvalue weighted by molar-refractivity contribution is 6.31. The summed E-state index contributed by atoms with van der Waals surface area (Å²) in [5.74, 6) is 0.136. The monoisotopic (exact) mass is 621 g/mol. The number of amides is 2. The molecule has 3 aromatic heterocycles. The molecule has 0 spiro atoms. The van der Waals surface area contributed by atoms with E-state index in [1.165, 1.54) is 45.9 Å². The number of benzene rings is 1. The molecule has 2 aliphatic heterocycles. The second-order valence-electron chi connectivity index (χ2n) is 10.3. The Bertz CT molecular complexity index is 1630. The van der Waals surface area contributed by atoms with Crippen LogP contribution in [0.1, 0.15) is 10.4 Å². The lowest BCUT2D eigenvalue weighted by Crippen LogP contribution is -2.34. The fraction of sp³-hybridized carbons (Fsp3) is 0.346. The van der Waals surface area contributed by atoms with Gasteiger partial charge in [-0.05, 0) is 43.1 Å². The molecule has 5 heterocycles. The molecule has 2 atom stereocenters. The number of ether oxygens (including phenoxy) is 1. The third-order valence-electron chi connectivity index (χ3n) is 7.38. The molecule has 42 heavy (non-hydrogen) atoms. The van der Waals surface area contributed by atoms with E-state index in [-0.39, 0.29) is 69.6 Å². The van der Waals surface area contributed by atoms with E-state index in [2.05, 4.69) is 32.4 Å². The quantitative estimate of drug-likeness (QED) is 0.321. The molecule has 2 amide bonds. The topological polar surface area (TPSA) is 136 Å². The van der Waals surface area contributed by atoms with Crippen molar-refractivity contribution >= 4 is 53.0 Å². The number of hydrogen-bond acceptors (Lipinski definition) is 8. The van der Waals surface area contributed by atoms with E-state index < -0.39 is 12.5 Å². The van der Waals surface area contributed by atoms with Crippen LogP contribution in [-0.2, 0) is 11.3 Å². The minimum Gasteiger partial charge on any atom is -0.434 e. The van der Waals surface area contributed by atoms with Crippen LogP contribution in [0.2, 0.25) is 5.02 Å². The second kappa shape index (κ2) is 11.7. The van der Waals surface area contributed by atoms with E-state index in [4.69, 9.17) is 22.1 Å². The molecule has 222 valence electrons. The van der Waals surface area contributed by atoms with E-state index in [1.54, 1.807) is 6.20 Å². The predicted molar refractivity (Wildman–Crippen MR) is 153 cm³/mol. The molecule has 0 radical (unpaired) electrons. The Morgan fingerprint density at radius 1 is 1.19 bits per heavy atom. The van der Waals surface area contributed by atoms with Crippen molar-refractivity contribution in [3.8, 4) is 17.0 Å². The van der Waals surface area contributed by atoms with Gasteiger partial charge in [-0.3, -0.25) is 14.3 Å². The number of fused-ring (bicyclic) bond motifs is 2. The number of aromatic nitrogens is 5. The lowest BCUT2D eigenvalue weighted by atomic mass is 10.0. The summed E-state index contributed by atoms with van der Waals surface area (Å²) in [5.41, 5.74) is 6.48. The zero-order chi connectivity index (χ0) is 28.8. The Kier molecular flexibility index (Phi) is 8.21. The van der Waals surface area contributed by atoms with E-state index in [0.29, 0.717) is 24.9 Å². The molecule has 12 nitrogen and oxygen atoms in total. The average molecular weight is 622 g/mol. The van der Waals surface area contributed by atoms with E-state index in [9.17, 15) is 18.4 Å². The maximum absolute atomic E-state index is 13.4. The van der Waals surface area contributed by atoms with Gasteiger partial charge in [0.25, 0.3) is 5.91 Å². The molecule has 0 saturated carbocycles. The van der Waals surface area contributed by atoms with Gasteiger partial charge in [0.2, 0.25) is 5.91 Å². The van der Waals surface area contributed by atoms with Crippen LogP contribution in [0.3, 0.4) is 0 Å². The van der Waals surface area contributed by atoms with E-state index in [1.807, 2.05) is 4.90 Å². The molecule has 2 fully saturated rings. The van der Waals surface area contributed by atoms with Gasteiger partial charge in [0.15, 0.2) is 5.65 Å². The van der Waals surface area contributed by atoms with Gasteiger partial charge in [-0.2, -0.15) is 19.0 Å². The number of anilines is 2. The van der Waals surface area contributed by atoms with Crippen LogP contribution in [0.4, 0.5) is 20.3 Å². The first-order valence-electron chi connectivity index (χ1n) is 12.8. The highest BCUT2D eigenvalue weighted by Gasteiger charge is 2.40. The van der Waals surface area contributed by atoms with Crippen molar-refractivity contribution in [2.45, 2.75) is 13.2 Å². The summed E-state index contributed by atoms with van der Waals surface area (Å²) in [5, 5.41) is 11.6. The SMILES string of the molecule is CN1C[C@@H]2CN(C(=O)Cn3cc(NC(=O)c4cnn5ccc(N)nc45)c(-c4cc(Cl)ccc4OC(F)F)n3)C[C@@H]2C1.Cl.